The largest absolute Gasteiger partial charge is 0.410 e. The van der Waals surface area contributed by atoms with E-state index < -0.39 is 51.2 Å². The molecule has 0 radical (unpaired) electrons. The van der Waals surface area contributed by atoms with E-state index >= 15 is 0 Å². The summed E-state index contributed by atoms with van der Waals surface area (Å²) in [6.45, 7) is 10.9. The van der Waals surface area contributed by atoms with Gasteiger partial charge in [0.25, 0.3) is 5.56 Å². The maximum Gasteiger partial charge on any atom is 0.353 e. The molecule has 3 saturated heterocycles. The summed E-state index contributed by atoms with van der Waals surface area (Å²) < 4.78 is 43.2. The van der Waals surface area contributed by atoms with Gasteiger partial charge in [-0.05, 0) is 24.2 Å². The Bertz CT molecular complexity index is 1020. The van der Waals surface area contributed by atoms with Gasteiger partial charge >= 0.3 is 13.3 Å². The quantitative estimate of drug-likeness (QED) is 0.460. The Labute approximate surface area is 188 Å². The Balaban J connectivity index is 2.03. The van der Waals surface area contributed by atoms with Gasteiger partial charge in [0, 0.05) is 38.7 Å². The third kappa shape index (κ3) is 4.79. The van der Waals surface area contributed by atoms with Crippen molar-refractivity contribution < 1.29 is 27.5 Å². The number of hydrogen-bond donors (Lipinski definition) is 1. The fraction of sp³-hybridized carbons (Fsp3) is 0.700. The first kappa shape index (κ1) is 25.3. The second-order valence-corrected chi connectivity index (χ2v) is 16.5. The number of nitrogens with zero attached hydrogens (tertiary/aromatic N) is 1. The molecule has 10 nitrogen and oxygen atoms in total. The van der Waals surface area contributed by atoms with Crippen LogP contribution in [0.1, 0.15) is 33.4 Å². The molecule has 0 amide bonds. The minimum absolute atomic E-state index is 0.0426. The van der Waals surface area contributed by atoms with Gasteiger partial charge in [0.2, 0.25) is 0 Å². The molecule has 0 saturated carbocycles. The summed E-state index contributed by atoms with van der Waals surface area (Å²) in [5.41, 5.74) is -2.22. The third-order valence-electron chi connectivity index (χ3n) is 6.59. The molecule has 0 aromatic carbocycles. The molecule has 180 valence electrons. The number of hydrogen-bond acceptors (Lipinski definition) is 8. The molecule has 2 bridgehead atoms. The summed E-state index contributed by atoms with van der Waals surface area (Å²) in [7, 11) is -3.09. The molecule has 4 heterocycles. The molecule has 1 aromatic heterocycles. The maximum absolute atomic E-state index is 12.7. The normalized spacial score (nSPS) is 29.0. The number of nitrogens with one attached hydrogen (secondary N) is 1. The van der Waals surface area contributed by atoms with E-state index in [1.54, 1.807) is 6.08 Å². The van der Waals surface area contributed by atoms with Crippen LogP contribution in [0.15, 0.2) is 33.7 Å². The molecule has 3 aliphatic rings. The third-order valence-corrected chi connectivity index (χ3v) is 12.6. The minimum Gasteiger partial charge on any atom is -0.410 e. The highest BCUT2D eigenvalue weighted by Crippen LogP contribution is 2.52. The average molecular weight is 489 g/mol. The Kier molecular flexibility index (Phi) is 6.95. The monoisotopic (exact) mass is 488 g/mol. The molecular weight excluding hydrogens is 455 g/mol. The highest BCUT2D eigenvalue weighted by Gasteiger charge is 2.57. The Morgan fingerprint density at radius 1 is 1.28 bits per heavy atom. The first-order chi connectivity index (χ1) is 14.8. The SMILES string of the molecule is COP(=O)(/C=C/[C@]12CO[C@H](C[C@@H]1O[Si](C)(C)C(C)(C)C)C(n1ccc(=O)[nH]c1=O)O2)OC. The van der Waals surface area contributed by atoms with E-state index in [1.165, 1.54) is 36.9 Å². The van der Waals surface area contributed by atoms with Gasteiger partial charge in [0.15, 0.2) is 14.5 Å². The number of aromatic amines is 1. The summed E-state index contributed by atoms with van der Waals surface area (Å²) in [5.74, 6) is 1.34. The van der Waals surface area contributed by atoms with Crippen LogP contribution in [0, 0.1) is 0 Å². The van der Waals surface area contributed by atoms with Crippen molar-refractivity contribution in [3.63, 3.8) is 0 Å². The lowest BCUT2D eigenvalue weighted by atomic mass is 9.86. The Hall–Kier alpha value is -1.33. The van der Waals surface area contributed by atoms with Crippen molar-refractivity contribution in [3.05, 3.63) is 45.0 Å². The van der Waals surface area contributed by atoms with Gasteiger partial charge < -0.3 is 22.9 Å². The van der Waals surface area contributed by atoms with Crippen molar-refractivity contribution in [2.45, 2.75) is 69.4 Å². The summed E-state index contributed by atoms with van der Waals surface area (Å²) in [4.78, 5) is 26.2. The van der Waals surface area contributed by atoms with Crippen LogP contribution in [0.5, 0.6) is 0 Å². The van der Waals surface area contributed by atoms with Gasteiger partial charge in [0.1, 0.15) is 11.7 Å². The zero-order chi connectivity index (χ0) is 23.9. The molecule has 4 rings (SSSR count). The van der Waals surface area contributed by atoms with Gasteiger partial charge in [-0.2, -0.15) is 0 Å². The van der Waals surface area contributed by atoms with E-state index in [9.17, 15) is 14.2 Å². The van der Waals surface area contributed by atoms with Crippen LogP contribution >= 0.6 is 7.60 Å². The van der Waals surface area contributed by atoms with Crippen LogP contribution in [0.25, 0.3) is 0 Å². The van der Waals surface area contributed by atoms with Gasteiger partial charge in [-0.3, -0.25) is 18.9 Å². The second kappa shape index (κ2) is 8.79. The van der Waals surface area contributed by atoms with Gasteiger partial charge in [-0.1, -0.05) is 20.8 Å². The topological polar surface area (TPSA) is 118 Å². The predicted octanol–water partition coefficient (Wildman–Crippen LogP) is 2.98. The number of rotatable bonds is 7. The summed E-state index contributed by atoms with van der Waals surface area (Å²) in [6, 6.07) is 1.25. The molecule has 4 atom stereocenters. The lowest BCUT2D eigenvalue weighted by Gasteiger charge is -2.55. The van der Waals surface area contributed by atoms with Crippen LogP contribution in [-0.2, 0) is 27.5 Å². The van der Waals surface area contributed by atoms with Crippen LogP contribution in [-0.4, -0.2) is 56.5 Å². The van der Waals surface area contributed by atoms with E-state index in [0.29, 0.717) is 6.42 Å². The van der Waals surface area contributed by atoms with Gasteiger partial charge in [-0.15, -0.1) is 0 Å². The van der Waals surface area contributed by atoms with Gasteiger partial charge in [0.05, 0.1) is 12.7 Å². The molecule has 1 N–H and O–H groups in total. The molecule has 3 fully saturated rings. The van der Waals surface area contributed by atoms with E-state index in [1.807, 2.05) is 0 Å². The van der Waals surface area contributed by atoms with Crippen molar-refractivity contribution in [3.8, 4) is 0 Å². The van der Waals surface area contributed by atoms with Crippen molar-refractivity contribution in [1.29, 1.82) is 0 Å². The second-order valence-electron chi connectivity index (χ2n) is 9.65. The highest BCUT2D eigenvalue weighted by molar-refractivity contribution is 7.57. The van der Waals surface area contributed by atoms with Gasteiger partial charge in [-0.25, -0.2) is 4.79 Å². The van der Waals surface area contributed by atoms with E-state index in [4.69, 9.17) is 22.9 Å². The maximum atomic E-state index is 12.7. The molecule has 32 heavy (non-hydrogen) atoms. The van der Waals surface area contributed by atoms with Crippen LogP contribution in [0.2, 0.25) is 18.1 Å². The Morgan fingerprint density at radius 2 is 1.94 bits per heavy atom. The van der Waals surface area contributed by atoms with E-state index in [2.05, 4.69) is 38.8 Å². The molecule has 12 heteroatoms. The zero-order valence-electron chi connectivity index (χ0n) is 19.6. The lowest BCUT2D eigenvalue weighted by Crippen LogP contribution is -2.66. The van der Waals surface area contributed by atoms with Crippen LogP contribution in [0.4, 0.5) is 0 Å². The zero-order valence-corrected chi connectivity index (χ0v) is 21.5. The number of fused-ring (bicyclic) bond motifs is 3. The molecule has 1 aromatic rings. The predicted molar refractivity (Wildman–Crippen MR) is 121 cm³/mol. The molecule has 1 unspecified atom stereocenters. The summed E-state index contributed by atoms with van der Waals surface area (Å²) in [5, 5.41) is -0.0426. The number of H-pyrrole nitrogens is 1. The van der Waals surface area contributed by atoms with Crippen molar-refractivity contribution in [1.82, 2.24) is 9.55 Å². The number of ether oxygens (including phenoxy) is 2. The first-order valence-corrected chi connectivity index (χ1v) is 15.0. The standard InChI is InChI=1S/C20H33N2O8PSi/c1-19(2,3)32(6,7)30-15-12-14-17(22-10-8-16(23)21-18(22)24)29-20(15,13-28-14)9-11-31(25,26-4)27-5/h8-11,14-15,17H,12-13H2,1-7H3,(H,21,23,24)/b11-9+/t14-,15+,17?,20+/m1/s1. The van der Waals surface area contributed by atoms with Crippen molar-refractivity contribution >= 4 is 15.9 Å². The van der Waals surface area contributed by atoms with Crippen molar-refractivity contribution in [2.75, 3.05) is 20.8 Å². The first-order valence-electron chi connectivity index (χ1n) is 10.5. The molecular formula is C20H33N2O8PSi. The van der Waals surface area contributed by atoms with E-state index in [-0.39, 0.29) is 11.6 Å². The fourth-order valence-electron chi connectivity index (χ4n) is 3.57. The molecule has 0 spiro atoms. The smallest absolute Gasteiger partial charge is 0.353 e. The lowest BCUT2D eigenvalue weighted by molar-refractivity contribution is -0.308. The Morgan fingerprint density at radius 3 is 2.50 bits per heavy atom. The molecule has 3 aliphatic heterocycles. The van der Waals surface area contributed by atoms with E-state index in [0.717, 1.165) is 0 Å². The average Bonchev–Trinajstić information content (AvgIpc) is 2.72. The van der Waals surface area contributed by atoms with Crippen molar-refractivity contribution in [2.24, 2.45) is 0 Å². The highest BCUT2D eigenvalue weighted by atomic mass is 31.2. The minimum atomic E-state index is -3.48. The summed E-state index contributed by atoms with van der Waals surface area (Å²) in [6.07, 6.45) is 1.80. The van der Waals surface area contributed by atoms with Crippen LogP contribution < -0.4 is 11.2 Å². The fourth-order valence-corrected chi connectivity index (χ4v) is 5.76. The summed E-state index contributed by atoms with van der Waals surface area (Å²) >= 11 is 0. The van der Waals surface area contributed by atoms with Crippen LogP contribution in [0.3, 0.4) is 0 Å². The molecule has 0 aliphatic carbocycles. The number of aromatic nitrogens is 2.